The van der Waals surface area contributed by atoms with E-state index in [0.717, 1.165) is 0 Å². The molecular weight excluding hydrogens is 287 g/mol. The van der Waals surface area contributed by atoms with Crippen LogP contribution in [-0.4, -0.2) is 31.3 Å². The summed E-state index contributed by atoms with van der Waals surface area (Å²) in [6, 6.07) is -0.541. The van der Waals surface area contributed by atoms with Crippen LogP contribution < -0.4 is 11.2 Å². The number of aromatic amines is 1. The van der Waals surface area contributed by atoms with Crippen LogP contribution in [0.4, 0.5) is 0 Å². The molecule has 0 radical (unpaired) electrons. The van der Waals surface area contributed by atoms with E-state index in [1.807, 2.05) is 0 Å². The summed E-state index contributed by atoms with van der Waals surface area (Å²) < 4.78 is 17.7. The Morgan fingerprint density at radius 3 is 2.55 bits per heavy atom. The SMILES string of the molecule is Cc1cn(C2C=CC(P(=O)(O)O)OC2C)c(=O)[nH]c1=O. The topological polar surface area (TPSA) is 122 Å². The Bertz CT molecular complexity index is 700. The second-order valence-electron chi connectivity index (χ2n) is 4.68. The van der Waals surface area contributed by atoms with Gasteiger partial charge in [0.1, 0.15) is 0 Å². The zero-order valence-corrected chi connectivity index (χ0v) is 11.8. The zero-order valence-electron chi connectivity index (χ0n) is 10.9. The van der Waals surface area contributed by atoms with Crippen molar-refractivity contribution < 1.29 is 19.1 Å². The molecule has 0 amide bonds. The maximum absolute atomic E-state index is 11.8. The van der Waals surface area contributed by atoms with Crippen molar-refractivity contribution in [2.75, 3.05) is 0 Å². The molecule has 9 heteroatoms. The van der Waals surface area contributed by atoms with Crippen molar-refractivity contribution >= 4 is 7.60 Å². The van der Waals surface area contributed by atoms with Crippen LogP contribution in [0.25, 0.3) is 0 Å². The third-order valence-electron chi connectivity index (χ3n) is 3.11. The van der Waals surface area contributed by atoms with Gasteiger partial charge in [-0.3, -0.25) is 18.9 Å². The van der Waals surface area contributed by atoms with Crippen LogP contribution in [0.3, 0.4) is 0 Å². The van der Waals surface area contributed by atoms with Crippen molar-refractivity contribution in [2.24, 2.45) is 0 Å². The third kappa shape index (κ3) is 2.83. The van der Waals surface area contributed by atoms with Gasteiger partial charge >= 0.3 is 13.3 Å². The van der Waals surface area contributed by atoms with E-state index >= 15 is 0 Å². The van der Waals surface area contributed by atoms with Crippen LogP contribution in [-0.2, 0) is 9.30 Å². The van der Waals surface area contributed by atoms with E-state index in [4.69, 9.17) is 14.5 Å². The summed E-state index contributed by atoms with van der Waals surface area (Å²) in [5.41, 5.74) is -0.699. The lowest BCUT2D eigenvalue weighted by Crippen LogP contribution is -2.39. The van der Waals surface area contributed by atoms with Crippen LogP contribution in [0.15, 0.2) is 27.9 Å². The fraction of sp³-hybridized carbons (Fsp3) is 0.455. The smallest absolute Gasteiger partial charge is 0.356 e. The lowest BCUT2D eigenvalue weighted by molar-refractivity contribution is 0.0173. The molecule has 0 aromatic carbocycles. The number of nitrogens with zero attached hydrogens (tertiary/aromatic N) is 1. The van der Waals surface area contributed by atoms with Crippen LogP contribution >= 0.6 is 7.60 Å². The van der Waals surface area contributed by atoms with Crippen molar-refractivity contribution in [3.05, 3.63) is 44.8 Å². The Labute approximate surface area is 113 Å². The molecule has 8 nitrogen and oxygen atoms in total. The van der Waals surface area contributed by atoms with Gasteiger partial charge in [0.05, 0.1) is 12.1 Å². The Kier molecular flexibility index (Phi) is 3.84. The van der Waals surface area contributed by atoms with Crippen LogP contribution in [0.5, 0.6) is 0 Å². The maximum atomic E-state index is 11.8. The van der Waals surface area contributed by atoms with E-state index in [1.165, 1.54) is 22.9 Å². The second-order valence-corrected chi connectivity index (χ2v) is 6.36. The highest BCUT2D eigenvalue weighted by Crippen LogP contribution is 2.45. The number of nitrogens with one attached hydrogen (secondary N) is 1. The average molecular weight is 302 g/mol. The first kappa shape index (κ1) is 14.9. The molecule has 3 atom stereocenters. The van der Waals surface area contributed by atoms with Gasteiger partial charge in [0.25, 0.3) is 5.56 Å². The molecule has 0 saturated carbocycles. The van der Waals surface area contributed by atoms with Gasteiger partial charge in [-0.15, -0.1) is 0 Å². The van der Waals surface area contributed by atoms with Crippen molar-refractivity contribution in [3.8, 4) is 0 Å². The summed E-state index contributed by atoms with van der Waals surface area (Å²) in [5.74, 6) is -1.31. The van der Waals surface area contributed by atoms with Crippen LogP contribution in [0.1, 0.15) is 18.5 Å². The lowest BCUT2D eigenvalue weighted by Gasteiger charge is -2.31. The predicted octanol–water partition coefficient (Wildman–Crippen LogP) is -0.135. The molecule has 0 fully saturated rings. The fourth-order valence-corrected chi connectivity index (χ4v) is 2.70. The summed E-state index contributed by atoms with van der Waals surface area (Å²) in [7, 11) is -4.38. The van der Waals surface area contributed by atoms with Gasteiger partial charge < -0.3 is 14.5 Å². The molecule has 3 unspecified atom stereocenters. The zero-order chi connectivity index (χ0) is 15.1. The highest BCUT2D eigenvalue weighted by molar-refractivity contribution is 7.52. The molecule has 2 heterocycles. The van der Waals surface area contributed by atoms with Crippen molar-refractivity contribution in [3.63, 3.8) is 0 Å². The maximum Gasteiger partial charge on any atom is 0.357 e. The number of hydrogen-bond acceptors (Lipinski definition) is 4. The Hall–Kier alpha value is -1.47. The standard InChI is InChI=1S/C11H15N2O6P/c1-6-5-13(11(15)12-10(6)14)8-3-4-9(19-7(8)2)20(16,17)18/h3-5,7-9H,1-2H3,(H,12,14,15)(H2,16,17,18). The molecule has 0 spiro atoms. The number of hydrogen-bond donors (Lipinski definition) is 3. The van der Waals surface area contributed by atoms with Gasteiger partial charge in [0.2, 0.25) is 0 Å². The van der Waals surface area contributed by atoms with Crippen molar-refractivity contribution in [1.29, 1.82) is 0 Å². The first-order chi connectivity index (χ1) is 9.20. The molecule has 20 heavy (non-hydrogen) atoms. The summed E-state index contributed by atoms with van der Waals surface area (Å²) in [5, 5.41) is 0. The Balaban J connectivity index is 2.41. The van der Waals surface area contributed by atoms with E-state index in [2.05, 4.69) is 4.98 Å². The first-order valence-electron chi connectivity index (χ1n) is 5.91. The number of rotatable bonds is 2. The van der Waals surface area contributed by atoms with E-state index in [9.17, 15) is 14.2 Å². The van der Waals surface area contributed by atoms with Gasteiger partial charge in [-0.1, -0.05) is 6.08 Å². The number of aromatic nitrogens is 2. The molecule has 1 aromatic heterocycles. The molecule has 1 aromatic rings. The molecule has 2 rings (SSSR count). The quantitative estimate of drug-likeness (QED) is 0.516. The molecule has 0 aliphatic carbocycles. The minimum atomic E-state index is -4.38. The van der Waals surface area contributed by atoms with Crippen LogP contribution in [0, 0.1) is 6.92 Å². The monoisotopic (exact) mass is 302 g/mol. The predicted molar refractivity (Wildman–Crippen MR) is 70.6 cm³/mol. The highest BCUT2D eigenvalue weighted by atomic mass is 31.2. The fourth-order valence-electron chi connectivity index (χ4n) is 2.03. The Morgan fingerprint density at radius 2 is 2.00 bits per heavy atom. The largest absolute Gasteiger partial charge is 0.357 e. The minimum Gasteiger partial charge on any atom is -0.356 e. The van der Waals surface area contributed by atoms with E-state index in [1.54, 1.807) is 13.8 Å². The van der Waals surface area contributed by atoms with Gasteiger partial charge in [-0.05, 0) is 19.9 Å². The van der Waals surface area contributed by atoms with Gasteiger partial charge in [-0.2, -0.15) is 0 Å². The third-order valence-corrected chi connectivity index (χ3v) is 4.06. The van der Waals surface area contributed by atoms with Gasteiger partial charge in [0, 0.05) is 11.8 Å². The number of aryl methyl sites for hydroxylation is 1. The summed E-state index contributed by atoms with van der Waals surface area (Å²) in [6.45, 7) is 3.16. The average Bonchev–Trinajstić information content (AvgIpc) is 2.33. The Morgan fingerprint density at radius 1 is 1.35 bits per heavy atom. The highest BCUT2D eigenvalue weighted by Gasteiger charge is 2.35. The molecular formula is C11H15N2O6P. The van der Waals surface area contributed by atoms with Crippen molar-refractivity contribution in [2.45, 2.75) is 31.8 Å². The van der Waals surface area contributed by atoms with E-state index in [0.29, 0.717) is 5.56 Å². The number of H-pyrrole nitrogens is 1. The summed E-state index contributed by atoms with van der Waals surface area (Å²) in [4.78, 5) is 43.4. The summed E-state index contributed by atoms with van der Waals surface area (Å²) in [6.07, 6.45) is 3.50. The van der Waals surface area contributed by atoms with Crippen LogP contribution in [0.2, 0.25) is 0 Å². The minimum absolute atomic E-state index is 0.363. The molecule has 3 N–H and O–H groups in total. The normalized spacial score (nSPS) is 26.7. The van der Waals surface area contributed by atoms with Gasteiger partial charge in [0.15, 0.2) is 5.85 Å². The molecule has 1 aliphatic rings. The van der Waals surface area contributed by atoms with E-state index < -0.39 is 36.8 Å². The molecule has 110 valence electrons. The number of ether oxygens (including phenoxy) is 1. The summed E-state index contributed by atoms with van der Waals surface area (Å²) >= 11 is 0. The molecule has 0 bridgehead atoms. The second kappa shape index (κ2) is 5.14. The molecule has 0 saturated heterocycles. The van der Waals surface area contributed by atoms with Crippen molar-refractivity contribution in [1.82, 2.24) is 9.55 Å². The van der Waals surface area contributed by atoms with E-state index in [-0.39, 0.29) is 0 Å². The lowest BCUT2D eigenvalue weighted by atomic mass is 10.1. The first-order valence-corrected chi connectivity index (χ1v) is 7.59. The van der Waals surface area contributed by atoms with Gasteiger partial charge in [-0.25, -0.2) is 4.79 Å². The molecule has 1 aliphatic heterocycles.